The SMILES string of the molecule is CCNC(C)CC(C)N(CC)CC(CC)CC. The Labute approximate surface area is 109 Å². The first-order chi connectivity index (χ1) is 8.08. The Hall–Kier alpha value is -0.0800. The van der Waals surface area contributed by atoms with Gasteiger partial charge in [-0.1, -0.05) is 40.5 Å². The van der Waals surface area contributed by atoms with E-state index in [1.165, 1.54) is 32.4 Å². The largest absolute Gasteiger partial charge is 0.314 e. The van der Waals surface area contributed by atoms with Crippen LogP contribution >= 0.6 is 0 Å². The molecule has 0 saturated heterocycles. The van der Waals surface area contributed by atoms with Crippen molar-refractivity contribution in [2.75, 3.05) is 19.6 Å². The van der Waals surface area contributed by atoms with E-state index >= 15 is 0 Å². The van der Waals surface area contributed by atoms with E-state index in [1.54, 1.807) is 0 Å². The fourth-order valence-corrected chi connectivity index (χ4v) is 2.59. The molecule has 0 spiro atoms. The number of nitrogens with zero attached hydrogens (tertiary/aromatic N) is 1. The number of rotatable bonds is 10. The lowest BCUT2D eigenvalue weighted by Crippen LogP contribution is -2.41. The first kappa shape index (κ1) is 16.9. The molecule has 0 aromatic rings. The standard InChI is InChI=1S/C15H34N2/c1-7-15(8-2)12-17(10-4)14(6)11-13(5)16-9-3/h13-16H,7-12H2,1-6H3. The summed E-state index contributed by atoms with van der Waals surface area (Å²) >= 11 is 0. The molecule has 104 valence electrons. The Bertz CT molecular complexity index is 166. The van der Waals surface area contributed by atoms with Gasteiger partial charge in [-0.3, -0.25) is 0 Å². The lowest BCUT2D eigenvalue weighted by atomic mass is 10.0. The van der Waals surface area contributed by atoms with Crippen molar-refractivity contribution in [3.8, 4) is 0 Å². The molecule has 2 unspecified atom stereocenters. The van der Waals surface area contributed by atoms with E-state index in [0.717, 1.165) is 12.5 Å². The Morgan fingerprint density at radius 2 is 1.59 bits per heavy atom. The van der Waals surface area contributed by atoms with Gasteiger partial charge in [-0.05, 0) is 39.3 Å². The number of nitrogens with one attached hydrogen (secondary N) is 1. The van der Waals surface area contributed by atoms with Crippen molar-refractivity contribution < 1.29 is 0 Å². The molecule has 0 rings (SSSR count). The summed E-state index contributed by atoms with van der Waals surface area (Å²) < 4.78 is 0. The van der Waals surface area contributed by atoms with E-state index in [1.807, 2.05) is 0 Å². The number of hydrogen-bond acceptors (Lipinski definition) is 2. The molecule has 0 saturated carbocycles. The third-order valence-corrected chi connectivity index (χ3v) is 3.92. The summed E-state index contributed by atoms with van der Waals surface area (Å²) in [6.07, 6.45) is 3.87. The minimum atomic E-state index is 0.630. The van der Waals surface area contributed by atoms with E-state index in [2.05, 4.69) is 51.8 Å². The molecule has 0 aromatic carbocycles. The molecular formula is C15H34N2. The van der Waals surface area contributed by atoms with Gasteiger partial charge in [0.2, 0.25) is 0 Å². The Morgan fingerprint density at radius 1 is 1.00 bits per heavy atom. The highest BCUT2D eigenvalue weighted by Crippen LogP contribution is 2.14. The van der Waals surface area contributed by atoms with Crippen molar-refractivity contribution in [3.05, 3.63) is 0 Å². The zero-order chi connectivity index (χ0) is 13.3. The molecule has 0 aliphatic carbocycles. The first-order valence-corrected chi connectivity index (χ1v) is 7.56. The van der Waals surface area contributed by atoms with Crippen LogP contribution in [0.1, 0.15) is 60.8 Å². The average Bonchev–Trinajstić information content (AvgIpc) is 2.30. The van der Waals surface area contributed by atoms with Crippen LogP contribution in [-0.4, -0.2) is 36.6 Å². The van der Waals surface area contributed by atoms with Crippen molar-refractivity contribution in [2.24, 2.45) is 5.92 Å². The van der Waals surface area contributed by atoms with Crippen molar-refractivity contribution in [1.82, 2.24) is 10.2 Å². The summed E-state index contributed by atoms with van der Waals surface area (Å²) in [5.41, 5.74) is 0. The second-order valence-corrected chi connectivity index (χ2v) is 5.31. The van der Waals surface area contributed by atoms with Gasteiger partial charge in [0, 0.05) is 18.6 Å². The minimum Gasteiger partial charge on any atom is -0.314 e. The van der Waals surface area contributed by atoms with E-state index in [4.69, 9.17) is 0 Å². The fourth-order valence-electron chi connectivity index (χ4n) is 2.59. The topological polar surface area (TPSA) is 15.3 Å². The number of hydrogen-bond donors (Lipinski definition) is 1. The Morgan fingerprint density at radius 3 is 2.00 bits per heavy atom. The van der Waals surface area contributed by atoms with Gasteiger partial charge in [0.1, 0.15) is 0 Å². The van der Waals surface area contributed by atoms with Gasteiger partial charge in [-0.2, -0.15) is 0 Å². The monoisotopic (exact) mass is 242 g/mol. The van der Waals surface area contributed by atoms with E-state index in [0.29, 0.717) is 12.1 Å². The molecule has 0 fully saturated rings. The van der Waals surface area contributed by atoms with Gasteiger partial charge in [0.15, 0.2) is 0 Å². The van der Waals surface area contributed by atoms with Crippen LogP contribution in [0, 0.1) is 5.92 Å². The van der Waals surface area contributed by atoms with Crippen molar-refractivity contribution in [2.45, 2.75) is 72.9 Å². The normalized spacial score (nSPS) is 15.5. The van der Waals surface area contributed by atoms with Gasteiger partial charge < -0.3 is 10.2 Å². The van der Waals surface area contributed by atoms with Gasteiger partial charge in [-0.25, -0.2) is 0 Å². The maximum Gasteiger partial charge on any atom is 0.00816 e. The highest BCUT2D eigenvalue weighted by Gasteiger charge is 2.17. The van der Waals surface area contributed by atoms with Crippen LogP contribution in [0.15, 0.2) is 0 Å². The summed E-state index contributed by atoms with van der Waals surface area (Å²) in [6.45, 7) is 17.3. The molecule has 0 aliphatic rings. The fraction of sp³-hybridized carbons (Fsp3) is 1.00. The third-order valence-electron chi connectivity index (χ3n) is 3.92. The molecule has 17 heavy (non-hydrogen) atoms. The summed E-state index contributed by atoms with van der Waals surface area (Å²) in [4.78, 5) is 2.64. The highest BCUT2D eigenvalue weighted by atomic mass is 15.1. The second-order valence-electron chi connectivity index (χ2n) is 5.31. The molecule has 2 atom stereocenters. The predicted molar refractivity (Wildman–Crippen MR) is 78.5 cm³/mol. The predicted octanol–water partition coefficient (Wildman–Crippen LogP) is 3.52. The lowest BCUT2D eigenvalue weighted by molar-refractivity contribution is 0.165. The molecule has 2 heteroatoms. The van der Waals surface area contributed by atoms with E-state index in [-0.39, 0.29) is 0 Å². The molecule has 2 nitrogen and oxygen atoms in total. The molecule has 0 amide bonds. The minimum absolute atomic E-state index is 0.630. The van der Waals surface area contributed by atoms with Crippen LogP contribution in [0.5, 0.6) is 0 Å². The van der Waals surface area contributed by atoms with Crippen LogP contribution in [0.2, 0.25) is 0 Å². The van der Waals surface area contributed by atoms with Crippen LogP contribution in [0.25, 0.3) is 0 Å². The van der Waals surface area contributed by atoms with E-state index < -0.39 is 0 Å². The molecule has 0 radical (unpaired) electrons. The van der Waals surface area contributed by atoms with Gasteiger partial charge in [-0.15, -0.1) is 0 Å². The van der Waals surface area contributed by atoms with Crippen LogP contribution in [0.3, 0.4) is 0 Å². The summed E-state index contributed by atoms with van der Waals surface area (Å²) in [5, 5.41) is 3.51. The van der Waals surface area contributed by atoms with Crippen molar-refractivity contribution in [3.63, 3.8) is 0 Å². The first-order valence-electron chi connectivity index (χ1n) is 7.56. The second kappa shape index (κ2) is 9.90. The van der Waals surface area contributed by atoms with Gasteiger partial charge in [0.05, 0.1) is 0 Å². The van der Waals surface area contributed by atoms with Gasteiger partial charge in [0.25, 0.3) is 0 Å². The Kier molecular flexibility index (Phi) is 9.85. The summed E-state index contributed by atoms with van der Waals surface area (Å²) in [7, 11) is 0. The zero-order valence-corrected chi connectivity index (χ0v) is 12.9. The van der Waals surface area contributed by atoms with Gasteiger partial charge >= 0.3 is 0 Å². The molecule has 0 aliphatic heterocycles. The molecule has 0 bridgehead atoms. The Balaban J connectivity index is 4.14. The molecule has 1 N–H and O–H groups in total. The van der Waals surface area contributed by atoms with Crippen molar-refractivity contribution in [1.29, 1.82) is 0 Å². The summed E-state index contributed by atoms with van der Waals surface area (Å²) in [6, 6.07) is 1.32. The molecule has 0 heterocycles. The van der Waals surface area contributed by atoms with E-state index in [9.17, 15) is 0 Å². The van der Waals surface area contributed by atoms with Crippen molar-refractivity contribution >= 4 is 0 Å². The zero-order valence-electron chi connectivity index (χ0n) is 12.9. The maximum absolute atomic E-state index is 3.51. The lowest BCUT2D eigenvalue weighted by Gasteiger charge is -2.32. The third kappa shape index (κ3) is 7.05. The maximum atomic E-state index is 3.51. The molecular weight excluding hydrogens is 208 g/mol. The smallest absolute Gasteiger partial charge is 0.00816 e. The quantitative estimate of drug-likeness (QED) is 0.630. The average molecular weight is 242 g/mol. The summed E-state index contributed by atoms with van der Waals surface area (Å²) in [5.74, 6) is 0.867. The van der Waals surface area contributed by atoms with Crippen LogP contribution in [-0.2, 0) is 0 Å². The van der Waals surface area contributed by atoms with Crippen LogP contribution < -0.4 is 5.32 Å². The highest BCUT2D eigenvalue weighted by molar-refractivity contribution is 4.74. The molecule has 0 aromatic heterocycles. The van der Waals surface area contributed by atoms with Crippen LogP contribution in [0.4, 0.5) is 0 Å².